The first kappa shape index (κ1) is 21.5. The summed E-state index contributed by atoms with van der Waals surface area (Å²) in [5.74, 6) is 2.58. The highest BCUT2D eigenvalue weighted by atomic mass is 35.5. The van der Waals surface area contributed by atoms with Gasteiger partial charge in [0.15, 0.2) is 11.5 Å². The minimum atomic E-state index is 0.382. The molecule has 6 nitrogen and oxygen atoms in total. The van der Waals surface area contributed by atoms with Gasteiger partial charge in [0.05, 0.1) is 27.5 Å². The number of nitrogens with zero attached hydrogens (tertiary/aromatic N) is 2. The normalized spacial score (nSPS) is 16.8. The quantitative estimate of drug-likeness (QED) is 0.550. The van der Waals surface area contributed by atoms with Crippen LogP contribution < -0.4 is 14.2 Å². The summed E-state index contributed by atoms with van der Waals surface area (Å²) in [6.45, 7) is 2.77. The number of hydrogen-bond acceptors (Lipinski definition) is 5. The van der Waals surface area contributed by atoms with Crippen molar-refractivity contribution in [3.05, 3.63) is 58.9 Å². The van der Waals surface area contributed by atoms with E-state index < -0.39 is 0 Å². The Balaban J connectivity index is 1.54. The number of methoxy groups -OCH3 is 3. The molecule has 0 aliphatic carbocycles. The standard InChI is InChI=1S/C24H28ClN3O3/c1-29-21-12-23(31-3)22(30-2)11-18(21)15-28-10-4-5-17(14-28)24-20(13-26-27-24)16-6-8-19(25)9-7-16/h6-9,11-13,17H,4-5,10,14-15H2,1-3H3,(H,26,27)/t17-/m0/s1. The van der Waals surface area contributed by atoms with Gasteiger partial charge in [0.2, 0.25) is 0 Å². The zero-order chi connectivity index (χ0) is 21.8. The zero-order valence-corrected chi connectivity index (χ0v) is 18.9. The molecular weight excluding hydrogens is 414 g/mol. The van der Waals surface area contributed by atoms with E-state index in [-0.39, 0.29) is 0 Å². The van der Waals surface area contributed by atoms with Gasteiger partial charge in [-0.1, -0.05) is 23.7 Å². The molecule has 1 aliphatic rings. The molecule has 1 aliphatic heterocycles. The molecule has 2 heterocycles. The molecule has 1 N–H and O–H groups in total. The summed E-state index contributed by atoms with van der Waals surface area (Å²) in [5.41, 5.74) is 4.55. The highest BCUT2D eigenvalue weighted by Crippen LogP contribution is 2.37. The number of piperidine rings is 1. The average molecular weight is 442 g/mol. The molecule has 1 fully saturated rings. The topological polar surface area (TPSA) is 59.6 Å². The van der Waals surface area contributed by atoms with Gasteiger partial charge in [0.1, 0.15) is 5.75 Å². The molecule has 1 atom stereocenters. The number of nitrogens with one attached hydrogen (secondary N) is 1. The number of aromatic nitrogens is 2. The maximum atomic E-state index is 6.07. The predicted octanol–water partition coefficient (Wildman–Crippen LogP) is 5.14. The first-order chi connectivity index (χ1) is 15.1. The number of H-pyrrole nitrogens is 1. The van der Waals surface area contributed by atoms with Crippen LogP contribution in [0.4, 0.5) is 0 Å². The Morgan fingerprint density at radius 1 is 1.03 bits per heavy atom. The van der Waals surface area contributed by atoms with Crippen molar-refractivity contribution in [1.29, 1.82) is 0 Å². The molecule has 0 saturated carbocycles. The molecule has 7 heteroatoms. The summed E-state index contributed by atoms with van der Waals surface area (Å²) in [7, 11) is 4.98. The summed E-state index contributed by atoms with van der Waals surface area (Å²) in [6.07, 6.45) is 4.16. The maximum absolute atomic E-state index is 6.07. The number of likely N-dealkylation sites (tertiary alicyclic amines) is 1. The van der Waals surface area contributed by atoms with Gasteiger partial charge < -0.3 is 14.2 Å². The van der Waals surface area contributed by atoms with Gasteiger partial charge in [-0.3, -0.25) is 10.00 Å². The van der Waals surface area contributed by atoms with E-state index in [0.717, 1.165) is 59.9 Å². The second-order valence-corrected chi connectivity index (χ2v) is 8.23. The zero-order valence-electron chi connectivity index (χ0n) is 18.2. The third-order valence-corrected chi connectivity index (χ3v) is 6.17. The van der Waals surface area contributed by atoms with Crippen LogP contribution in [-0.2, 0) is 6.54 Å². The Morgan fingerprint density at radius 3 is 2.45 bits per heavy atom. The van der Waals surface area contributed by atoms with Crippen LogP contribution in [0, 0.1) is 0 Å². The van der Waals surface area contributed by atoms with Crippen LogP contribution in [0.2, 0.25) is 5.02 Å². The van der Waals surface area contributed by atoms with E-state index in [1.54, 1.807) is 21.3 Å². The lowest BCUT2D eigenvalue weighted by Gasteiger charge is -2.33. The summed E-state index contributed by atoms with van der Waals surface area (Å²) in [5, 5.41) is 8.34. The SMILES string of the molecule is COc1cc(OC)c(OC)cc1CN1CCC[C@H](c2[nH]ncc2-c2ccc(Cl)cc2)C1. The molecule has 164 valence electrons. The molecule has 2 aromatic carbocycles. The lowest BCUT2D eigenvalue weighted by molar-refractivity contribution is 0.196. The number of benzene rings is 2. The molecule has 4 rings (SSSR count). The predicted molar refractivity (Wildman–Crippen MR) is 122 cm³/mol. The summed E-state index contributed by atoms with van der Waals surface area (Å²) in [6, 6.07) is 11.8. The summed E-state index contributed by atoms with van der Waals surface area (Å²) in [4.78, 5) is 2.46. The van der Waals surface area contributed by atoms with Crippen molar-refractivity contribution in [3.8, 4) is 28.4 Å². The molecular formula is C24H28ClN3O3. The largest absolute Gasteiger partial charge is 0.496 e. The second kappa shape index (κ2) is 9.62. The van der Waals surface area contributed by atoms with E-state index in [1.165, 1.54) is 5.69 Å². The van der Waals surface area contributed by atoms with Crippen LogP contribution in [-0.4, -0.2) is 49.5 Å². The van der Waals surface area contributed by atoms with Crippen molar-refractivity contribution in [1.82, 2.24) is 15.1 Å². The molecule has 3 aromatic rings. The summed E-state index contributed by atoms with van der Waals surface area (Å²) < 4.78 is 16.5. The van der Waals surface area contributed by atoms with E-state index in [0.29, 0.717) is 17.4 Å². The fourth-order valence-electron chi connectivity index (χ4n) is 4.36. The van der Waals surface area contributed by atoms with Gasteiger partial charge in [-0.15, -0.1) is 0 Å². The van der Waals surface area contributed by atoms with Gasteiger partial charge in [0, 0.05) is 46.9 Å². The van der Waals surface area contributed by atoms with Gasteiger partial charge in [-0.25, -0.2) is 0 Å². The molecule has 31 heavy (non-hydrogen) atoms. The molecule has 0 spiro atoms. The molecule has 1 saturated heterocycles. The molecule has 0 bridgehead atoms. The smallest absolute Gasteiger partial charge is 0.164 e. The van der Waals surface area contributed by atoms with E-state index in [4.69, 9.17) is 25.8 Å². The van der Waals surface area contributed by atoms with Gasteiger partial charge in [-0.05, 0) is 43.1 Å². The van der Waals surface area contributed by atoms with Crippen molar-refractivity contribution in [2.24, 2.45) is 0 Å². The number of hydrogen-bond donors (Lipinski definition) is 1. The van der Waals surface area contributed by atoms with Gasteiger partial charge >= 0.3 is 0 Å². The first-order valence-electron chi connectivity index (χ1n) is 10.4. The molecule has 0 unspecified atom stereocenters. The van der Waals surface area contributed by atoms with Gasteiger partial charge in [0.25, 0.3) is 0 Å². The van der Waals surface area contributed by atoms with Gasteiger partial charge in [-0.2, -0.15) is 5.10 Å². The van der Waals surface area contributed by atoms with Crippen LogP contribution in [0.5, 0.6) is 17.2 Å². The Bertz CT molecular complexity index is 1020. The average Bonchev–Trinajstić information content (AvgIpc) is 3.29. The number of halogens is 1. The minimum absolute atomic E-state index is 0.382. The summed E-state index contributed by atoms with van der Waals surface area (Å²) >= 11 is 6.07. The van der Waals surface area contributed by atoms with E-state index in [9.17, 15) is 0 Å². The van der Waals surface area contributed by atoms with Crippen molar-refractivity contribution >= 4 is 11.6 Å². The van der Waals surface area contributed by atoms with Crippen molar-refractivity contribution in [2.75, 3.05) is 34.4 Å². The maximum Gasteiger partial charge on any atom is 0.164 e. The molecule has 0 radical (unpaired) electrons. The monoisotopic (exact) mass is 441 g/mol. The lowest BCUT2D eigenvalue weighted by Crippen LogP contribution is -2.34. The Labute approximate surface area is 188 Å². The minimum Gasteiger partial charge on any atom is -0.496 e. The van der Waals surface area contributed by atoms with E-state index in [2.05, 4.69) is 15.1 Å². The molecule has 1 aromatic heterocycles. The van der Waals surface area contributed by atoms with Crippen molar-refractivity contribution < 1.29 is 14.2 Å². The molecule has 0 amide bonds. The van der Waals surface area contributed by atoms with E-state index >= 15 is 0 Å². The number of aromatic amines is 1. The number of ether oxygens (including phenoxy) is 3. The Morgan fingerprint density at radius 2 is 1.74 bits per heavy atom. The third-order valence-electron chi connectivity index (χ3n) is 5.92. The number of rotatable bonds is 7. The highest BCUT2D eigenvalue weighted by Gasteiger charge is 2.26. The third kappa shape index (κ3) is 4.65. The van der Waals surface area contributed by atoms with Crippen LogP contribution in [0.15, 0.2) is 42.6 Å². The van der Waals surface area contributed by atoms with Crippen LogP contribution in [0.1, 0.15) is 30.0 Å². The van der Waals surface area contributed by atoms with Crippen LogP contribution >= 0.6 is 11.6 Å². The van der Waals surface area contributed by atoms with Crippen LogP contribution in [0.25, 0.3) is 11.1 Å². The first-order valence-corrected chi connectivity index (χ1v) is 10.8. The van der Waals surface area contributed by atoms with Crippen LogP contribution in [0.3, 0.4) is 0 Å². The fourth-order valence-corrected chi connectivity index (χ4v) is 4.48. The highest BCUT2D eigenvalue weighted by molar-refractivity contribution is 6.30. The lowest BCUT2D eigenvalue weighted by atomic mass is 9.90. The second-order valence-electron chi connectivity index (χ2n) is 7.80. The van der Waals surface area contributed by atoms with Crippen molar-refractivity contribution in [3.63, 3.8) is 0 Å². The van der Waals surface area contributed by atoms with E-state index in [1.807, 2.05) is 42.6 Å². The fraction of sp³-hybridized carbons (Fsp3) is 0.375. The Hall–Kier alpha value is -2.70. The van der Waals surface area contributed by atoms with Crippen molar-refractivity contribution in [2.45, 2.75) is 25.3 Å². The Kier molecular flexibility index (Phi) is 6.68.